The molecule has 2 aromatic rings. The molecule has 0 saturated carbocycles. The van der Waals surface area contributed by atoms with E-state index in [-0.39, 0.29) is 0 Å². The molecule has 0 amide bonds. The Bertz CT molecular complexity index is 741. The Morgan fingerprint density at radius 3 is 2.64 bits per heavy atom. The number of rotatable bonds is 2. The van der Waals surface area contributed by atoms with Crippen molar-refractivity contribution in [1.29, 1.82) is 5.26 Å². The third-order valence-corrected chi connectivity index (χ3v) is 4.11. The van der Waals surface area contributed by atoms with Crippen LogP contribution in [0.15, 0.2) is 18.3 Å². The summed E-state index contributed by atoms with van der Waals surface area (Å²) in [6, 6.07) is 6.19. The number of nitrogen functional groups attached to an aromatic ring is 1. The molecular formula is C17H19N5. The fourth-order valence-electron chi connectivity index (χ4n) is 2.99. The summed E-state index contributed by atoms with van der Waals surface area (Å²) in [5, 5.41) is 9.51. The van der Waals surface area contributed by atoms with Crippen molar-refractivity contribution in [2.24, 2.45) is 0 Å². The number of pyridine rings is 2. The van der Waals surface area contributed by atoms with E-state index in [2.05, 4.69) is 16.0 Å². The number of fused-ring (bicyclic) bond motifs is 1. The topological polar surface area (TPSA) is 78.8 Å². The molecule has 2 heterocycles. The maximum absolute atomic E-state index is 9.51. The molecule has 5 heteroatoms. The molecule has 0 atom stereocenters. The molecule has 2 N–H and O–H groups in total. The highest BCUT2D eigenvalue weighted by molar-refractivity contribution is 5.79. The number of anilines is 2. The molecule has 1 aliphatic carbocycles. The summed E-state index contributed by atoms with van der Waals surface area (Å²) in [7, 11) is 3.91. The minimum atomic E-state index is 0.329. The molecule has 22 heavy (non-hydrogen) atoms. The Labute approximate surface area is 130 Å². The zero-order chi connectivity index (χ0) is 15.7. The highest BCUT2D eigenvalue weighted by Gasteiger charge is 2.22. The highest BCUT2D eigenvalue weighted by Crippen LogP contribution is 2.35. The van der Waals surface area contributed by atoms with Crippen LogP contribution in [0.1, 0.15) is 29.7 Å². The van der Waals surface area contributed by atoms with Gasteiger partial charge in [-0.25, -0.2) is 9.97 Å². The standard InChI is InChI=1S/C17H19N5/c1-22(2)15-8-7-11(10-20-15)16-12-5-3-4-6-14(12)21-17(19)13(16)9-18/h7-8,10H,3-6H2,1-2H3,(H2,19,21). The van der Waals surface area contributed by atoms with Crippen molar-refractivity contribution < 1.29 is 0 Å². The zero-order valence-corrected chi connectivity index (χ0v) is 12.9. The van der Waals surface area contributed by atoms with Crippen LogP contribution >= 0.6 is 0 Å². The van der Waals surface area contributed by atoms with Crippen LogP contribution in [0.3, 0.4) is 0 Å². The van der Waals surface area contributed by atoms with Crippen LogP contribution < -0.4 is 10.6 Å². The maximum Gasteiger partial charge on any atom is 0.142 e. The van der Waals surface area contributed by atoms with Crippen LogP contribution in [-0.2, 0) is 12.8 Å². The lowest BCUT2D eigenvalue weighted by atomic mass is 9.87. The fourth-order valence-corrected chi connectivity index (χ4v) is 2.99. The smallest absolute Gasteiger partial charge is 0.142 e. The van der Waals surface area contributed by atoms with Gasteiger partial charge in [0.15, 0.2) is 0 Å². The number of nitrogens with two attached hydrogens (primary N) is 1. The quantitative estimate of drug-likeness (QED) is 0.920. The highest BCUT2D eigenvalue weighted by atomic mass is 15.1. The lowest BCUT2D eigenvalue weighted by Crippen LogP contribution is -2.12. The third kappa shape index (κ3) is 2.37. The second kappa shape index (κ2) is 5.64. The van der Waals surface area contributed by atoms with Crippen molar-refractivity contribution in [1.82, 2.24) is 9.97 Å². The van der Waals surface area contributed by atoms with Gasteiger partial charge in [0.2, 0.25) is 0 Å². The predicted octanol–water partition coefficient (Wildman–Crippen LogP) is 2.54. The molecule has 0 aliphatic heterocycles. The number of nitriles is 1. The molecular weight excluding hydrogens is 274 g/mol. The average molecular weight is 293 g/mol. The molecule has 0 fully saturated rings. The summed E-state index contributed by atoms with van der Waals surface area (Å²) in [6.45, 7) is 0. The van der Waals surface area contributed by atoms with Gasteiger partial charge in [0, 0.05) is 37.1 Å². The summed E-state index contributed by atoms with van der Waals surface area (Å²) in [4.78, 5) is 10.9. The predicted molar refractivity (Wildman–Crippen MR) is 87.6 cm³/mol. The van der Waals surface area contributed by atoms with Crippen molar-refractivity contribution in [2.75, 3.05) is 24.7 Å². The van der Waals surface area contributed by atoms with Crippen molar-refractivity contribution >= 4 is 11.6 Å². The Hall–Kier alpha value is -2.61. The molecule has 2 aromatic heterocycles. The van der Waals surface area contributed by atoms with Crippen LogP contribution in [-0.4, -0.2) is 24.1 Å². The molecule has 3 rings (SSSR count). The van der Waals surface area contributed by atoms with Gasteiger partial charge in [-0.1, -0.05) is 0 Å². The monoisotopic (exact) mass is 293 g/mol. The minimum absolute atomic E-state index is 0.329. The Morgan fingerprint density at radius 2 is 2.00 bits per heavy atom. The van der Waals surface area contributed by atoms with E-state index in [1.165, 1.54) is 0 Å². The largest absolute Gasteiger partial charge is 0.383 e. The van der Waals surface area contributed by atoms with Gasteiger partial charge in [0.05, 0.1) is 0 Å². The van der Waals surface area contributed by atoms with Gasteiger partial charge in [-0.2, -0.15) is 5.26 Å². The number of hydrogen-bond acceptors (Lipinski definition) is 5. The first-order chi connectivity index (χ1) is 10.6. The molecule has 0 saturated heterocycles. The van der Waals surface area contributed by atoms with Gasteiger partial charge in [0.1, 0.15) is 23.3 Å². The lowest BCUT2D eigenvalue weighted by Gasteiger charge is -2.21. The van der Waals surface area contributed by atoms with Crippen molar-refractivity contribution in [3.8, 4) is 17.2 Å². The van der Waals surface area contributed by atoms with Crippen molar-refractivity contribution in [2.45, 2.75) is 25.7 Å². The normalized spacial score (nSPS) is 13.3. The first-order valence-electron chi connectivity index (χ1n) is 7.47. The summed E-state index contributed by atoms with van der Waals surface area (Å²) < 4.78 is 0. The van der Waals surface area contributed by atoms with E-state index in [0.29, 0.717) is 11.4 Å². The molecule has 112 valence electrons. The van der Waals surface area contributed by atoms with Crippen LogP contribution in [0.25, 0.3) is 11.1 Å². The maximum atomic E-state index is 9.51. The average Bonchev–Trinajstić information content (AvgIpc) is 2.53. The van der Waals surface area contributed by atoms with E-state index in [0.717, 1.165) is 53.9 Å². The fraction of sp³-hybridized carbons (Fsp3) is 0.353. The summed E-state index contributed by atoms with van der Waals surface area (Å²) in [6.07, 6.45) is 5.95. The van der Waals surface area contributed by atoms with E-state index in [4.69, 9.17) is 5.73 Å². The molecule has 0 radical (unpaired) electrons. The van der Waals surface area contributed by atoms with Crippen molar-refractivity contribution in [3.63, 3.8) is 0 Å². The number of nitrogens with zero attached hydrogens (tertiary/aromatic N) is 4. The van der Waals surface area contributed by atoms with E-state index >= 15 is 0 Å². The third-order valence-electron chi connectivity index (χ3n) is 4.11. The van der Waals surface area contributed by atoms with Gasteiger partial charge in [-0.15, -0.1) is 0 Å². The van der Waals surface area contributed by atoms with Gasteiger partial charge < -0.3 is 10.6 Å². The Morgan fingerprint density at radius 1 is 1.23 bits per heavy atom. The van der Waals surface area contributed by atoms with Crippen molar-refractivity contribution in [3.05, 3.63) is 35.2 Å². The van der Waals surface area contributed by atoms with Crippen LogP contribution in [0, 0.1) is 11.3 Å². The number of hydrogen-bond donors (Lipinski definition) is 1. The molecule has 0 spiro atoms. The molecule has 0 bridgehead atoms. The summed E-state index contributed by atoms with van der Waals surface area (Å²) in [5.74, 6) is 1.22. The lowest BCUT2D eigenvalue weighted by molar-refractivity contribution is 0.670. The molecule has 5 nitrogen and oxygen atoms in total. The van der Waals surface area contributed by atoms with Gasteiger partial charge in [0.25, 0.3) is 0 Å². The summed E-state index contributed by atoms with van der Waals surface area (Å²) >= 11 is 0. The van der Waals surface area contributed by atoms with E-state index < -0.39 is 0 Å². The van der Waals surface area contributed by atoms with Gasteiger partial charge in [-0.05, 0) is 43.4 Å². The molecule has 1 aliphatic rings. The molecule has 0 aromatic carbocycles. The zero-order valence-electron chi connectivity index (χ0n) is 12.9. The first kappa shape index (κ1) is 14.3. The van der Waals surface area contributed by atoms with E-state index in [9.17, 15) is 5.26 Å². The molecule has 0 unspecified atom stereocenters. The van der Waals surface area contributed by atoms with Crippen LogP contribution in [0.4, 0.5) is 11.6 Å². The Kier molecular flexibility index (Phi) is 3.68. The van der Waals surface area contributed by atoms with Crippen LogP contribution in [0.5, 0.6) is 0 Å². The summed E-state index contributed by atoms with van der Waals surface area (Å²) in [5.41, 5.74) is 10.5. The second-order valence-electron chi connectivity index (χ2n) is 5.79. The van der Waals surface area contributed by atoms with Gasteiger partial charge >= 0.3 is 0 Å². The minimum Gasteiger partial charge on any atom is -0.383 e. The van der Waals surface area contributed by atoms with E-state index in [1.807, 2.05) is 37.3 Å². The Balaban J connectivity index is 2.20. The SMILES string of the molecule is CN(C)c1ccc(-c2c(C#N)c(N)nc3c2CCCC3)cn1. The van der Waals surface area contributed by atoms with Gasteiger partial charge in [-0.3, -0.25) is 0 Å². The van der Waals surface area contributed by atoms with E-state index in [1.54, 1.807) is 0 Å². The number of aromatic nitrogens is 2. The number of aryl methyl sites for hydroxylation is 1. The van der Waals surface area contributed by atoms with Crippen LogP contribution in [0.2, 0.25) is 0 Å². The second-order valence-corrected chi connectivity index (χ2v) is 5.79. The first-order valence-corrected chi connectivity index (χ1v) is 7.47.